The number of nitrogens with zero attached hydrogens (tertiary/aromatic N) is 2. The van der Waals surface area contributed by atoms with Crippen LogP contribution in [-0.2, 0) is 9.59 Å². The number of amides is 2. The molecule has 1 atom stereocenters. The van der Waals surface area contributed by atoms with Gasteiger partial charge in [-0.2, -0.15) is 0 Å². The lowest BCUT2D eigenvalue weighted by Crippen LogP contribution is -2.50. The molecule has 1 N–H and O–H groups in total. The average Bonchev–Trinajstić information content (AvgIpc) is 2.92. The van der Waals surface area contributed by atoms with Gasteiger partial charge in [-0.25, -0.2) is 0 Å². The molecule has 1 aromatic rings. The summed E-state index contributed by atoms with van der Waals surface area (Å²) in [5, 5.41) is 3.33. The molecule has 2 amide bonds. The fourth-order valence-electron chi connectivity index (χ4n) is 3.14. The molecule has 0 bridgehead atoms. The van der Waals surface area contributed by atoms with Crippen LogP contribution < -0.4 is 5.32 Å². The predicted molar refractivity (Wildman–Crippen MR) is 89.7 cm³/mol. The van der Waals surface area contributed by atoms with E-state index < -0.39 is 0 Å². The third kappa shape index (κ3) is 4.06. The summed E-state index contributed by atoms with van der Waals surface area (Å²) in [6.07, 6.45) is 4.69. The number of benzene rings is 1. The molecule has 3 rings (SSSR count). The third-order valence-corrected chi connectivity index (χ3v) is 4.39. The summed E-state index contributed by atoms with van der Waals surface area (Å²) < 4.78 is 0. The van der Waals surface area contributed by atoms with Gasteiger partial charge in [-0.3, -0.25) is 19.4 Å². The van der Waals surface area contributed by atoms with E-state index in [1.54, 1.807) is 0 Å². The Morgan fingerprint density at radius 3 is 2.35 bits per heavy atom. The molecule has 0 aliphatic carbocycles. The van der Waals surface area contributed by atoms with Crippen molar-refractivity contribution in [1.82, 2.24) is 15.1 Å². The first kappa shape index (κ1) is 15.9. The SMILES string of the molecule is O=C1CCC(=O)N1C(/C=C/c1ccccc1)CN1CCNCC1. The number of carbonyl (C=O) groups is 2. The molecule has 23 heavy (non-hydrogen) atoms. The fraction of sp³-hybridized carbons (Fsp3) is 0.444. The molecule has 1 unspecified atom stereocenters. The van der Waals surface area contributed by atoms with Gasteiger partial charge >= 0.3 is 0 Å². The van der Waals surface area contributed by atoms with E-state index in [4.69, 9.17) is 0 Å². The second kappa shape index (κ2) is 7.53. The normalized spacial score (nSPS) is 21.3. The Morgan fingerprint density at radius 1 is 1.04 bits per heavy atom. The zero-order valence-corrected chi connectivity index (χ0v) is 13.3. The molecule has 1 aromatic carbocycles. The lowest BCUT2D eigenvalue weighted by molar-refractivity contribution is -0.140. The summed E-state index contributed by atoms with van der Waals surface area (Å²) >= 11 is 0. The number of rotatable bonds is 5. The lowest BCUT2D eigenvalue weighted by Gasteiger charge is -2.33. The average molecular weight is 313 g/mol. The lowest BCUT2D eigenvalue weighted by atomic mass is 10.1. The molecule has 122 valence electrons. The van der Waals surface area contributed by atoms with Gasteiger partial charge in [-0.1, -0.05) is 42.5 Å². The molecule has 0 radical (unpaired) electrons. The molecule has 2 fully saturated rings. The van der Waals surface area contributed by atoms with Crippen LogP contribution in [0.25, 0.3) is 6.08 Å². The number of hydrogen-bond acceptors (Lipinski definition) is 4. The number of imide groups is 1. The van der Waals surface area contributed by atoms with Gasteiger partial charge in [0.15, 0.2) is 0 Å². The number of hydrogen-bond donors (Lipinski definition) is 1. The highest BCUT2D eigenvalue weighted by Gasteiger charge is 2.34. The first-order valence-electron chi connectivity index (χ1n) is 8.25. The van der Waals surface area contributed by atoms with E-state index in [0.29, 0.717) is 19.4 Å². The van der Waals surface area contributed by atoms with E-state index >= 15 is 0 Å². The van der Waals surface area contributed by atoms with Crippen LogP contribution in [0.3, 0.4) is 0 Å². The van der Waals surface area contributed by atoms with Crippen molar-refractivity contribution in [2.45, 2.75) is 18.9 Å². The maximum Gasteiger partial charge on any atom is 0.230 e. The summed E-state index contributed by atoms with van der Waals surface area (Å²) in [5.74, 6) is -0.0966. The van der Waals surface area contributed by atoms with E-state index in [-0.39, 0.29) is 17.9 Å². The maximum absolute atomic E-state index is 12.1. The molecule has 2 aliphatic rings. The number of carbonyl (C=O) groups excluding carboxylic acids is 2. The van der Waals surface area contributed by atoms with Crippen molar-refractivity contribution in [2.24, 2.45) is 0 Å². The van der Waals surface area contributed by atoms with Crippen LogP contribution in [0.15, 0.2) is 36.4 Å². The molecular formula is C18H23N3O2. The van der Waals surface area contributed by atoms with Crippen LogP contribution in [0, 0.1) is 0 Å². The first-order chi connectivity index (χ1) is 11.2. The van der Waals surface area contributed by atoms with Crippen LogP contribution in [0.5, 0.6) is 0 Å². The zero-order chi connectivity index (χ0) is 16.1. The number of piperazine rings is 1. The van der Waals surface area contributed by atoms with Crippen LogP contribution in [0.2, 0.25) is 0 Å². The quantitative estimate of drug-likeness (QED) is 0.828. The van der Waals surface area contributed by atoms with Gasteiger partial charge in [-0.05, 0) is 5.56 Å². The monoisotopic (exact) mass is 313 g/mol. The predicted octanol–water partition coefficient (Wildman–Crippen LogP) is 1.12. The van der Waals surface area contributed by atoms with Crippen molar-refractivity contribution >= 4 is 17.9 Å². The molecule has 5 heteroatoms. The van der Waals surface area contributed by atoms with Gasteiger partial charge in [0.05, 0.1) is 6.04 Å². The van der Waals surface area contributed by atoms with Gasteiger partial charge in [-0.15, -0.1) is 0 Å². The Kier molecular flexibility index (Phi) is 5.20. The van der Waals surface area contributed by atoms with E-state index in [1.807, 2.05) is 42.5 Å². The van der Waals surface area contributed by atoms with Crippen LogP contribution >= 0.6 is 0 Å². The van der Waals surface area contributed by atoms with Crippen LogP contribution in [-0.4, -0.2) is 60.4 Å². The third-order valence-electron chi connectivity index (χ3n) is 4.39. The maximum atomic E-state index is 12.1. The molecular weight excluding hydrogens is 290 g/mol. The van der Waals surface area contributed by atoms with Crippen LogP contribution in [0.1, 0.15) is 18.4 Å². The Bertz CT molecular complexity index is 563. The molecule has 5 nitrogen and oxygen atoms in total. The molecule has 2 aliphatic heterocycles. The Hall–Kier alpha value is -1.98. The fourth-order valence-corrected chi connectivity index (χ4v) is 3.14. The smallest absolute Gasteiger partial charge is 0.230 e. The van der Waals surface area contributed by atoms with E-state index in [9.17, 15) is 9.59 Å². The second-order valence-electron chi connectivity index (χ2n) is 6.05. The Morgan fingerprint density at radius 2 is 1.70 bits per heavy atom. The summed E-state index contributed by atoms with van der Waals surface area (Å²) in [5.41, 5.74) is 1.08. The topological polar surface area (TPSA) is 52.7 Å². The van der Waals surface area contributed by atoms with Gasteiger partial charge in [0, 0.05) is 45.6 Å². The summed E-state index contributed by atoms with van der Waals surface area (Å²) in [6.45, 7) is 4.52. The van der Waals surface area contributed by atoms with Crippen molar-refractivity contribution in [1.29, 1.82) is 0 Å². The van der Waals surface area contributed by atoms with Gasteiger partial charge in [0.25, 0.3) is 0 Å². The largest absolute Gasteiger partial charge is 0.314 e. The van der Waals surface area contributed by atoms with Crippen molar-refractivity contribution < 1.29 is 9.59 Å². The minimum absolute atomic E-state index is 0.0483. The second-order valence-corrected chi connectivity index (χ2v) is 6.05. The molecule has 0 aromatic heterocycles. The van der Waals surface area contributed by atoms with E-state index in [0.717, 1.165) is 31.7 Å². The van der Waals surface area contributed by atoms with Crippen LogP contribution in [0.4, 0.5) is 0 Å². The highest BCUT2D eigenvalue weighted by molar-refractivity contribution is 6.02. The van der Waals surface area contributed by atoms with E-state index in [2.05, 4.69) is 10.2 Å². The first-order valence-corrected chi connectivity index (χ1v) is 8.25. The standard InChI is InChI=1S/C18H23N3O2/c22-17-8-9-18(23)21(17)16(14-20-12-10-19-11-13-20)7-6-15-4-2-1-3-5-15/h1-7,16,19H,8-14H2/b7-6+. The van der Waals surface area contributed by atoms with Crippen molar-refractivity contribution in [2.75, 3.05) is 32.7 Å². The van der Waals surface area contributed by atoms with Gasteiger partial charge in [0.1, 0.15) is 0 Å². The summed E-state index contributed by atoms with van der Waals surface area (Å²) in [7, 11) is 0. The van der Waals surface area contributed by atoms with Gasteiger partial charge in [0.2, 0.25) is 11.8 Å². The van der Waals surface area contributed by atoms with Crippen molar-refractivity contribution in [3.05, 3.63) is 42.0 Å². The molecule has 0 spiro atoms. The number of nitrogens with one attached hydrogen (secondary N) is 1. The Balaban J connectivity index is 1.76. The highest BCUT2D eigenvalue weighted by atomic mass is 16.2. The summed E-state index contributed by atoms with van der Waals surface area (Å²) in [6, 6.07) is 9.80. The molecule has 2 heterocycles. The van der Waals surface area contributed by atoms with Crippen molar-refractivity contribution in [3.8, 4) is 0 Å². The minimum Gasteiger partial charge on any atom is -0.314 e. The summed E-state index contributed by atoms with van der Waals surface area (Å²) in [4.78, 5) is 28.0. The van der Waals surface area contributed by atoms with Crippen molar-refractivity contribution in [3.63, 3.8) is 0 Å². The minimum atomic E-state index is -0.184. The van der Waals surface area contributed by atoms with E-state index in [1.165, 1.54) is 4.90 Å². The van der Waals surface area contributed by atoms with Gasteiger partial charge < -0.3 is 5.32 Å². The molecule has 2 saturated heterocycles. The number of likely N-dealkylation sites (tertiary alicyclic amines) is 1. The Labute approximate surface area is 137 Å². The molecule has 0 saturated carbocycles. The zero-order valence-electron chi connectivity index (χ0n) is 13.3. The highest BCUT2D eigenvalue weighted by Crippen LogP contribution is 2.18.